The third kappa shape index (κ3) is 3.17. The number of amides is 1. The average molecular weight is 380 g/mol. The number of hydrazone groups is 1. The molecule has 0 radical (unpaired) electrons. The van der Waals surface area contributed by atoms with Crippen molar-refractivity contribution in [3.05, 3.63) is 107 Å². The van der Waals surface area contributed by atoms with Crippen LogP contribution in [0.15, 0.2) is 84.0 Å². The summed E-state index contributed by atoms with van der Waals surface area (Å²) in [4.78, 5) is 12.3. The highest BCUT2D eigenvalue weighted by Gasteiger charge is 2.44. The first kappa shape index (κ1) is 17.9. The van der Waals surface area contributed by atoms with Gasteiger partial charge >= 0.3 is 0 Å². The second kappa shape index (κ2) is 7.32. The van der Waals surface area contributed by atoms with Gasteiger partial charge in [-0.25, -0.2) is 5.43 Å². The summed E-state index contributed by atoms with van der Waals surface area (Å²) in [6, 6.07) is 27.4. The lowest BCUT2D eigenvalue weighted by Gasteiger charge is -2.45. The van der Waals surface area contributed by atoms with Crippen LogP contribution in [-0.4, -0.2) is 11.6 Å². The van der Waals surface area contributed by atoms with Gasteiger partial charge in [-0.1, -0.05) is 78.9 Å². The molecular formula is C26H24N2O. The molecule has 3 nitrogen and oxygen atoms in total. The molecule has 2 bridgehead atoms. The fraction of sp³-hybridized carbons (Fsp3) is 0.231. The van der Waals surface area contributed by atoms with Gasteiger partial charge in [0, 0.05) is 23.5 Å². The van der Waals surface area contributed by atoms with Crippen LogP contribution in [0, 0.1) is 5.92 Å². The molecule has 3 aliphatic carbocycles. The lowest BCUT2D eigenvalue weighted by molar-refractivity contribution is -0.120. The number of carbonyl (C=O) groups excluding carboxylic acids is 1. The molecule has 0 unspecified atom stereocenters. The Labute approximate surface area is 171 Å². The number of fused-ring (bicyclic) bond motifs is 1. The number of nitrogens with one attached hydrogen (secondary N) is 1. The average Bonchev–Trinajstić information content (AvgIpc) is 2.78. The van der Waals surface area contributed by atoms with Crippen LogP contribution in [-0.2, 0) is 11.2 Å². The third-order valence-corrected chi connectivity index (χ3v) is 6.41. The molecule has 0 heterocycles. The predicted octanol–water partition coefficient (Wildman–Crippen LogP) is 5.02. The van der Waals surface area contributed by atoms with Gasteiger partial charge in [0.1, 0.15) is 0 Å². The summed E-state index contributed by atoms with van der Waals surface area (Å²) in [5.41, 5.74) is 10.5. The summed E-state index contributed by atoms with van der Waals surface area (Å²) in [6.07, 6.45) is 1.39. The Morgan fingerprint density at radius 3 is 2.03 bits per heavy atom. The maximum absolute atomic E-state index is 12.3. The van der Waals surface area contributed by atoms with Crippen molar-refractivity contribution in [3.63, 3.8) is 0 Å². The molecule has 3 aromatic rings. The van der Waals surface area contributed by atoms with E-state index in [1.54, 1.807) is 0 Å². The zero-order valence-electron chi connectivity index (χ0n) is 16.5. The number of nitrogens with zero attached hydrogens (tertiary/aromatic N) is 1. The molecule has 3 aliphatic rings. The first-order chi connectivity index (χ1) is 14.2. The summed E-state index contributed by atoms with van der Waals surface area (Å²) in [5, 5.41) is 4.53. The zero-order chi connectivity index (χ0) is 19.8. The SMILES string of the molecule is CC(=NNC(=O)Cc1ccccc1)[C@@H]1CC2c3ccccc3C1c1ccccc12. The topological polar surface area (TPSA) is 41.5 Å². The molecule has 0 aliphatic heterocycles. The molecule has 0 aromatic heterocycles. The highest BCUT2D eigenvalue weighted by molar-refractivity contribution is 5.89. The summed E-state index contributed by atoms with van der Waals surface area (Å²) in [5.74, 6) is 0.948. The van der Waals surface area contributed by atoms with Gasteiger partial charge < -0.3 is 0 Å². The zero-order valence-corrected chi connectivity index (χ0v) is 16.5. The van der Waals surface area contributed by atoms with Crippen LogP contribution in [0.4, 0.5) is 0 Å². The van der Waals surface area contributed by atoms with E-state index in [0.717, 1.165) is 17.7 Å². The standard InChI is InChI=1S/C26H24N2O/c1-17(27-28-25(29)15-18-9-3-2-4-10-18)23-16-24-19-11-5-7-13-21(19)26(23)22-14-8-6-12-20(22)24/h2-14,23-24,26H,15-16H2,1H3,(H,28,29)/t23-,24?,26?/m0/s1. The van der Waals surface area contributed by atoms with E-state index in [4.69, 9.17) is 0 Å². The third-order valence-electron chi connectivity index (χ3n) is 6.41. The Balaban J connectivity index is 1.40. The van der Waals surface area contributed by atoms with E-state index in [1.807, 2.05) is 30.3 Å². The van der Waals surface area contributed by atoms with E-state index >= 15 is 0 Å². The van der Waals surface area contributed by atoms with Gasteiger partial charge in [0.05, 0.1) is 6.42 Å². The number of hydrogen-bond acceptors (Lipinski definition) is 2. The van der Waals surface area contributed by atoms with Crippen molar-refractivity contribution in [2.75, 3.05) is 0 Å². The van der Waals surface area contributed by atoms with Crippen molar-refractivity contribution in [2.24, 2.45) is 11.0 Å². The second-order valence-corrected chi connectivity index (χ2v) is 8.08. The van der Waals surface area contributed by atoms with Crippen LogP contribution in [0.25, 0.3) is 0 Å². The van der Waals surface area contributed by atoms with E-state index < -0.39 is 0 Å². The fourth-order valence-corrected chi connectivity index (χ4v) is 5.10. The lowest BCUT2D eigenvalue weighted by atomic mass is 9.58. The van der Waals surface area contributed by atoms with E-state index in [9.17, 15) is 4.79 Å². The molecular weight excluding hydrogens is 356 g/mol. The van der Waals surface area contributed by atoms with Gasteiger partial charge in [-0.15, -0.1) is 0 Å². The van der Waals surface area contributed by atoms with Gasteiger partial charge in [0.2, 0.25) is 5.91 Å². The van der Waals surface area contributed by atoms with E-state index in [1.165, 1.54) is 22.3 Å². The molecule has 144 valence electrons. The highest BCUT2D eigenvalue weighted by Crippen LogP contribution is 2.55. The van der Waals surface area contributed by atoms with Crippen LogP contribution in [0.1, 0.15) is 53.0 Å². The Hall–Kier alpha value is -3.20. The summed E-state index contributed by atoms with van der Waals surface area (Å²) < 4.78 is 0. The first-order valence-electron chi connectivity index (χ1n) is 10.3. The second-order valence-electron chi connectivity index (χ2n) is 8.08. The Bertz CT molecular complexity index is 1040. The summed E-state index contributed by atoms with van der Waals surface area (Å²) in [6.45, 7) is 2.05. The number of benzene rings is 3. The van der Waals surface area contributed by atoms with Crippen LogP contribution < -0.4 is 5.43 Å². The van der Waals surface area contributed by atoms with E-state index in [0.29, 0.717) is 24.2 Å². The predicted molar refractivity (Wildman–Crippen MR) is 116 cm³/mol. The quantitative estimate of drug-likeness (QED) is 0.501. The minimum absolute atomic E-state index is 0.0719. The Morgan fingerprint density at radius 1 is 0.862 bits per heavy atom. The minimum atomic E-state index is -0.0719. The maximum atomic E-state index is 12.3. The Kier molecular flexibility index (Phi) is 4.51. The highest BCUT2D eigenvalue weighted by atomic mass is 16.2. The molecule has 3 aromatic carbocycles. The lowest BCUT2D eigenvalue weighted by Crippen LogP contribution is -2.36. The van der Waals surface area contributed by atoms with Gasteiger partial charge in [0.25, 0.3) is 0 Å². The van der Waals surface area contributed by atoms with Crippen molar-refractivity contribution in [1.29, 1.82) is 0 Å². The molecule has 1 atom stereocenters. The molecule has 0 spiro atoms. The normalized spacial score (nSPS) is 22.0. The number of rotatable bonds is 4. The van der Waals surface area contributed by atoms with Gasteiger partial charge in [0.15, 0.2) is 0 Å². The van der Waals surface area contributed by atoms with Crippen molar-refractivity contribution in [2.45, 2.75) is 31.6 Å². The van der Waals surface area contributed by atoms with Crippen molar-refractivity contribution >= 4 is 11.6 Å². The molecule has 0 saturated carbocycles. The van der Waals surface area contributed by atoms with E-state index in [2.05, 4.69) is 66.0 Å². The van der Waals surface area contributed by atoms with Gasteiger partial charge in [-0.05, 0) is 41.2 Å². The smallest absolute Gasteiger partial charge is 0.244 e. The van der Waals surface area contributed by atoms with Crippen LogP contribution in [0.3, 0.4) is 0 Å². The van der Waals surface area contributed by atoms with Crippen molar-refractivity contribution in [1.82, 2.24) is 5.43 Å². The van der Waals surface area contributed by atoms with E-state index in [-0.39, 0.29) is 5.91 Å². The fourth-order valence-electron chi connectivity index (χ4n) is 5.10. The maximum Gasteiger partial charge on any atom is 0.244 e. The molecule has 1 amide bonds. The molecule has 29 heavy (non-hydrogen) atoms. The Morgan fingerprint density at radius 2 is 1.41 bits per heavy atom. The molecule has 0 fully saturated rings. The minimum Gasteiger partial charge on any atom is -0.273 e. The van der Waals surface area contributed by atoms with Crippen LogP contribution in [0.2, 0.25) is 0 Å². The first-order valence-corrected chi connectivity index (χ1v) is 10.3. The molecule has 6 rings (SSSR count). The van der Waals surface area contributed by atoms with Crippen LogP contribution >= 0.6 is 0 Å². The molecule has 3 heteroatoms. The van der Waals surface area contributed by atoms with Gasteiger partial charge in [-0.2, -0.15) is 5.10 Å². The monoisotopic (exact) mass is 380 g/mol. The van der Waals surface area contributed by atoms with Crippen LogP contribution in [0.5, 0.6) is 0 Å². The number of carbonyl (C=O) groups is 1. The number of hydrogen-bond donors (Lipinski definition) is 1. The van der Waals surface area contributed by atoms with Crippen molar-refractivity contribution in [3.8, 4) is 0 Å². The molecule has 1 N–H and O–H groups in total. The molecule has 0 saturated heterocycles. The summed E-state index contributed by atoms with van der Waals surface area (Å²) in [7, 11) is 0. The largest absolute Gasteiger partial charge is 0.273 e. The summed E-state index contributed by atoms with van der Waals surface area (Å²) >= 11 is 0. The van der Waals surface area contributed by atoms with Gasteiger partial charge in [-0.3, -0.25) is 4.79 Å². The van der Waals surface area contributed by atoms with Crippen molar-refractivity contribution < 1.29 is 4.79 Å².